The minimum atomic E-state index is 0.311. The Kier molecular flexibility index (Phi) is 2.80. The molecular weight excluding hydrogens is 210 g/mol. The van der Waals surface area contributed by atoms with Crippen molar-refractivity contribution in [1.82, 2.24) is 4.90 Å². The number of hydrogen-bond donors (Lipinski definition) is 1. The van der Waals surface area contributed by atoms with Gasteiger partial charge in [-0.3, -0.25) is 4.99 Å². The Bertz CT molecular complexity index is 321. The maximum absolute atomic E-state index is 6.12. The highest BCUT2D eigenvalue weighted by molar-refractivity contribution is 5.81. The van der Waals surface area contributed by atoms with Crippen LogP contribution in [-0.4, -0.2) is 29.5 Å². The fraction of sp³-hybridized carbons (Fsp3) is 0.929. The molecule has 2 fully saturated rings. The molecule has 96 valence electrons. The Morgan fingerprint density at radius 2 is 2.18 bits per heavy atom. The Hall–Kier alpha value is -0.730. The molecule has 0 aromatic carbocycles. The van der Waals surface area contributed by atoms with E-state index >= 15 is 0 Å². The Balaban J connectivity index is 1.75. The quantitative estimate of drug-likeness (QED) is 0.816. The summed E-state index contributed by atoms with van der Waals surface area (Å²) in [5.41, 5.74) is 6.43. The van der Waals surface area contributed by atoms with Gasteiger partial charge in [0.25, 0.3) is 0 Å². The molecular formula is C14H25N3. The molecule has 2 saturated carbocycles. The fourth-order valence-electron chi connectivity index (χ4n) is 3.69. The van der Waals surface area contributed by atoms with Gasteiger partial charge in [-0.25, -0.2) is 0 Å². The van der Waals surface area contributed by atoms with Crippen molar-refractivity contribution < 1.29 is 0 Å². The van der Waals surface area contributed by atoms with E-state index in [-0.39, 0.29) is 0 Å². The summed E-state index contributed by atoms with van der Waals surface area (Å²) in [6, 6.07) is 0. The van der Waals surface area contributed by atoms with Crippen molar-refractivity contribution in [2.75, 3.05) is 13.1 Å². The molecule has 3 aliphatic rings. The third-order valence-corrected chi connectivity index (χ3v) is 5.02. The number of rotatable bonds is 3. The van der Waals surface area contributed by atoms with Crippen molar-refractivity contribution in [2.45, 2.75) is 57.4 Å². The van der Waals surface area contributed by atoms with Crippen LogP contribution in [0.25, 0.3) is 0 Å². The second kappa shape index (κ2) is 4.18. The van der Waals surface area contributed by atoms with Gasteiger partial charge < -0.3 is 10.6 Å². The number of aliphatic imine (C=N–C) groups is 1. The van der Waals surface area contributed by atoms with Crippen molar-refractivity contribution in [3.63, 3.8) is 0 Å². The Morgan fingerprint density at radius 3 is 2.88 bits per heavy atom. The average molecular weight is 235 g/mol. The number of nitrogens with two attached hydrogens (primary N) is 1. The SMILES string of the molecule is CCC1CCCC2(CN=C(N)N2CC2CC2)C1. The second-order valence-electron chi connectivity index (χ2n) is 6.32. The Morgan fingerprint density at radius 1 is 1.35 bits per heavy atom. The molecule has 2 unspecified atom stereocenters. The molecule has 0 amide bonds. The van der Waals surface area contributed by atoms with E-state index in [1.807, 2.05) is 0 Å². The highest BCUT2D eigenvalue weighted by Gasteiger charge is 2.46. The number of nitrogens with zero attached hydrogens (tertiary/aromatic N) is 2. The van der Waals surface area contributed by atoms with Gasteiger partial charge in [-0.1, -0.05) is 26.2 Å². The molecule has 17 heavy (non-hydrogen) atoms. The predicted octanol–water partition coefficient (Wildman–Crippen LogP) is 2.37. The van der Waals surface area contributed by atoms with Crippen molar-refractivity contribution >= 4 is 5.96 Å². The number of guanidine groups is 1. The molecule has 3 nitrogen and oxygen atoms in total. The zero-order valence-corrected chi connectivity index (χ0v) is 11.0. The van der Waals surface area contributed by atoms with Gasteiger partial charge in [0.15, 0.2) is 5.96 Å². The van der Waals surface area contributed by atoms with E-state index in [0.29, 0.717) is 5.54 Å². The van der Waals surface area contributed by atoms with Crippen LogP contribution >= 0.6 is 0 Å². The molecule has 3 rings (SSSR count). The minimum absolute atomic E-state index is 0.311. The first-order valence-electron chi connectivity index (χ1n) is 7.31. The van der Waals surface area contributed by atoms with Crippen molar-refractivity contribution in [1.29, 1.82) is 0 Å². The van der Waals surface area contributed by atoms with E-state index < -0.39 is 0 Å². The van der Waals surface area contributed by atoms with E-state index in [9.17, 15) is 0 Å². The summed E-state index contributed by atoms with van der Waals surface area (Å²) in [6.45, 7) is 4.46. The molecule has 0 bridgehead atoms. The molecule has 3 heteroatoms. The first kappa shape index (κ1) is 11.4. The summed E-state index contributed by atoms with van der Waals surface area (Å²) >= 11 is 0. The zero-order valence-electron chi connectivity index (χ0n) is 11.0. The van der Waals surface area contributed by atoms with Crippen LogP contribution in [0.15, 0.2) is 4.99 Å². The number of hydrogen-bond acceptors (Lipinski definition) is 3. The lowest BCUT2D eigenvalue weighted by Gasteiger charge is -2.45. The van der Waals surface area contributed by atoms with Crippen LogP contribution in [0.2, 0.25) is 0 Å². The molecule has 2 atom stereocenters. The van der Waals surface area contributed by atoms with Crippen LogP contribution in [0.4, 0.5) is 0 Å². The van der Waals surface area contributed by atoms with E-state index in [1.165, 1.54) is 51.5 Å². The standard InChI is InChI=1S/C14H25N3/c1-2-11-4-3-7-14(8-11)10-16-13(15)17(14)9-12-5-6-12/h11-12H,2-10H2,1H3,(H2,15,16). The maximum Gasteiger partial charge on any atom is 0.191 e. The molecule has 1 spiro atoms. The molecule has 2 N–H and O–H groups in total. The van der Waals surface area contributed by atoms with Crippen LogP contribution in [0.3, 0.4) is 0 Å². The summed E-state index contributed by atoms with van der Waals surface area (Å²) in [6.07, 6.45) is 9.52. The highest BCUT2D eigenvalue weighted by Crippen LogP contribution is 2.43. The van der Waals surface area contributed by atoms with Crippen LogP contribution in [0, 0.1) is 11.8 Å². The second-order valence-corrected chi connectivity index (χ2v) is 6.32. The molecule has 0 radical (unpaired) electrons. The molecule has 1 aliphatic heterocycles. The van der Waals surface area contributed by atoms with Gasteiger partial charge >= 0.3 is 0 Å². The monoisotopic (exact) mass is 235 g/mol. The van der Waals surface area contributed by atoms with Gasteiger partial charge in [0.1, 0.15) is 0 Å². The molecule has 0 aromatic heterocycles. The third kappa shape index (κ3) is 2.04. The van der Waals surface area contributed by atoms with E-state index in [4.69, 9.17) is 5.73 Å². The lowest BCUT2D eigenvalue weighted by molar-refractivity contribution is 0.102. The molecule has 0 saturated heterocycles. The van der Waals surface area contributed by atoms with Gasteiger partial charge in [-0.2, -0.15) is 0 Å². The third-order valence-electron chi connectivity index (χ3n) is 5.02. The van der Waals surface area contributed by atoms with E-state index in [0.717, 1.165) is 24.3 Å². The average Bonchev–Trinajstić information content (AvgIpc) is 3.12. The fourth-order valence-corrected chi connectivity index (χ4v) is 3.69. The summed E-state index contributed by atoms with van der Waals surface area (Å²) < 4.78 is 0. The maximum atomic E-state index is 6.12. The van der Waals surface area contributed by atoms with Gasteiger partial charge in [-0.15, -0.1) is 0 Å². The van der Waals surface area contributed by atoms with Gasteiger partial charge in [0.05, 0.1) is 12.1 Å². The first-order chi connectivity index (χ1) is 8.23. The summed E-state index contributed by atoms with van der Waals surface area (Å²) in [7, 11) is 0. The van der Waals surface area contributed by atoms with Crippen LogP contribution in [0.5, 0.6) is 0 Å². The summed E-state index contributed by atoms with van der Waals surface area (Å²) in [4.78, 5) is 7.04. The summed E-state index contributed by atoms with van der Waals surface area (Å²) in [5, 5.41) is 0. The van der Waals surface area contributed by atoms with Crippen LogP contribution in [-0.2, 0) is 0 Å². The van der Waals surface area contributed by atoms with Crippen molar-refractivity contribution in [2.24, 2.45) is 22.6 Å². The molecule has 1 heterocycles. The smallest absolute Gasteiger partial charge is 0.191 e. The van der Waals surface area contributed by atoms with Gasteiger partial charge in [-0.05, 0) is 37.5 Å². The lowest BCUT2D eigenvalue weighted by atomic mass is 9.74. The van der Waals surface area contributed by atoms with E-state index in [1.54, 1.807) is 0 Å². The molecule has 2 aliphatic carbocycles. The molecule has 0 aromatic rings. The first-order valence-corrected chi connectivity index (χ1v) is 7.31. The van der Waals surface area contributed by atoms with Crippen molar-refractivity contribution in [3.8, 4) is 0 Å². The van der Waals surface area contributed by atoms with Gasteiger partial charge in [0, 0.05) is 6.54 Å². The zero-order chi connectivity index (χ0) is 11.9. The highest BCUT2D eigenvalue weighted by atomic mass is 15.4. The normalized spacial score (nSPS) is 37.6. The minimum Gasteiger partial charge on any atom is -0.370 e. The van der Waals surface area contributed by atoms with E-state index in [2.05, 4.69) is 16.8 Å². The van der Waals surface area contributed by atoms with Crippen molar-refractivity contribution in [3.05, 3.63) is 0 Å². The summed E-state index contributed by atoms with van der Waals surface area (Å²) in [5.74, 6) is 2.63. The topological polar surface area (TPSA) is 41.6 Å². The lowest BCUT2D eigenvalue weighted by Crippen LogP contribution is -2.54. The predicted molar refractivity (Wildman–Crippen MR) is 70.9 cm³/mol. The van der Waals surface area contributed by atoms with Crippen LogP contribution < -0.4 is 5.73 Å². The Labute approximate surface area is 104 Å². The van der Waals surface area contributed by atoms with Gasteiger partial charge in [0.2, 0.25) is 0 Å². The van der Waals surface area contributed by atoms with Crippen LogP contribution in [0.1, 0.15) is 51.9 Å². The largest absolute Gasteiger partial charge is 0.370 e.